The van der Waals surface area contributed by atoms with Crippen LogP contribution in [0.5, 0.6) is 0 Å². The molecule has 0 radical (unpaired) electrons. The molecule has 1 aliphatic rings. The van der Waals surface area contributed by atoms with Gasteiger partial charge in [-0.25, -0.2) is 4.99 Å². The zero-order valence-corrected chi connectivity index (χ0v) is 16.8. The molecule has 0 spiro atoms. The lowest BCUT2D eigenvalue weighted by Gasteiger charge is -2.22. The number of benzene rings is 2. The van der Waals surface area contributed by atoms with Gasteiger partial charge >= 0.3 is 0 Å². The zero-order valence-electron chi connectivity index (χ0n) is 16.0. The number of fused-ring (bicyclic) bond motifs is 1. The van der Waals surface area contributed by atoms with Crippen molar-refractivity contribution in [1.82, 2.24) is 5.43 Å². The maximum Gasteiger partial charge on any atom is 0.184 e. The molecule has 0 aliphatic carbocycles. The van der Waals surface area contributed by atoms with Gasteiger partial charge in [0.15, 0.2) is 10.9 Å². The Balaban J connectivity index is 1.58. The highest BCUT2D eigenvalue weighted by Gasteiger charge is 2.27. The molecule has 29 heavy (non-hydrogen) atoms. The van der Waals surface area contributed by atoms with E-state index in [9.17, 15) is 5.26 Å². The second kappa shape index (κ2) is 7.86. The summed E-state index contributed by atoms with van der Waals surface area (Å²) in [6.07, 6.45) is 0. The quantitative estimate of drug-likeness (QED) is 0.494. The van der Waals surface area contributed by atoms with Crippen molar-refractivity contribution >= 4 is 33.6 Å². The summed E-state index contributed by atoms with van der Waals surface area (Å²) < 4.78 is 5.83. The second-order valence-electron chi connectivity index (χ2n) is 6.69. The average molecular weight is 401 g/mol. The van der Waals surface area contributed by atoms with E-state index in [1.165, 1.54) is 11.8 Å². The lowest BCUT2D eigenvalue weighted by atomic mass is 10.0. The van der Waals surface area contributed by atoms with Crippen molar-refractivity contribution in [1.29, 1.82) is 5.26 Å². The number of amidine groups is 1. The lowest BCUT2D eigenvalue weighted by Crippen LogP contribution is -2.23. The van der Waals surface area contributed by atoms with Crippen LogP contribution in [0.4, 0.5) is 0 Å². The van der Waals surface area contributed by atoms with Crippen molar-refractivity contribution in [3.05, 3.63) is 82.9 Å². The Hall–Kier alpha value is -3.50. The van der Waals surface area contributed by atoms with Crippen molar-refractivity contribution < 1.29 is 4.42 Å². The summed E-state index contributed by atoms with van der Waals surface area (Å²) in [5.41, 5.74) is 13.1. The molecule has 1 unspecified atom stereocenters. The minimum atomic E-state index is -0.234. The average Bonchev–Trinajstić information content (AvgIpc) is 3.16. The third kappa shape index (κ3) is 3.89. The van der Waals surface area contributed by atoms with Crippen molar-refractivity contribution in [2.24, 2.45) is 15.8 Å². The number of nitrogens with zero attached hydrogens (tertiary/aromatic N) is 3. The van der Waals surface area contributed by atoms with Crippen LogP contribution in [-0.4, -0.2) is 10.9 Å². The standard InChI is InChI=1S/C22H19N5OS/c1-13-7-9-15(10-8-13)20-17(12-23)21(24)25-22(29-20)27-26-14(2)19-11-16-5-3-4-6-18(16)28-19/h3-11,20H,24H2,1-2H3,(H,25,27)/b26-14+. The van der Waals surface area contributed by atoms with E-state index in [1.807, 2.05) is 68.4 Å². The van der Waals surface area contributed by atoms with Crippen LogP contribution in [0.15, 0.2) is 80.5 Å². The smallest absolute Gasteiger partial charge is 0.184 e. The molecule has 0 saturated carbocycles. The fraction of sp³-hybridized carbons (Fsp3) is 0.136. The minimum Gasteiger partial charge on any atom is -0.455 e. The number of rotatable bonds is 3. The van der Waals surface area contributed by atoms with Crippen LogP contribution in [-0.2, 0) is 0 Å². The van der Waals surface area contributed by atoms with E-state index in [1.54, 1.807) is 0 Å². The molecule has 0 fully saturated rings. The van der Waals surface area contributed by atoms with Crippen molar-refractivity contribution in [2.75, 3.05) is 0 Å². The van der Waals surface area contributed by atoms with E-state index < -0.39 is 0 Å². The number of aryl methyl sites for hydroxylation is 1. The fourth-order valence-corrected chi connectivity index (χ4v) is 4.05. The highest BCUT2D eigenvalue weighted by atomic mass is 32.2. The molecule has 3 aromatic rings. The van der Waals surface area contributed by atoms with E-state index in [4.69, 9.17) is 10.2 Å². The number of nitrogens with one attached hydrogen (secondary N) is 1. The van der Waals surface area contributed by atoms with Gasteiger partial charge in [-0.2, -0.15) is 10.4 Å². The molecule has 2 heterocycles. The van der Waals surface area contributed by atoms with E-state index in [2.05, 4.69) is 21.6 Å². The van der Waals surface area contributed by atoms with Gasteiger partial charge in [0.25, 0.3) is 0 Å². The number of hydrogen-bond acceptors (Lipinski definition) is 7. The lowest BCUT2D eigenvalue weighted by molar-refractivity contribution is 0.603. The Kier molecular flexibility index (Phi) is 5.10. The normalized spacial score (nSPS) is 17.2. The summed E-state index contributed by atoms with van der Waals surface area (Å²) in [4.78, 5) is 4.30. The molecule has 0 bridgehead atoms. The van der Waals surface area contributed by atoms with Crippen LogP contribution in [0.2, 0.25) is 0 Å². The number of hydrazone groups is 1. The molecule has 144 valence electrons. The van der Waals surface area contributed by atoms with Gasteiger partial charge in [0.05, 0.1) is 10.8 Å². The summed E-state index contributed by atoms with van der Waals surface area (Å²) in [5.74, 6) is 0.882. The summed E-state index contributed by atoms with van der Waals surface area (Å²) in [5, 5.41) is 15.3. The van der Waals surface area contributed by atoms with Gasteiger partial charge in [0.1, 0.15) is 23.2 Å². The minimum absolute atomic E-state index is 0.205. The first-order valence-electron chi connectivity index (χ1n) is 9.06. The Morgan fingerprint density at radius 2 is 2.00 bits per heavy atom. The molecule has 1 aliphatic heterocycles. The van der Waals surface area contributed by atoms with Crippen molar-refractivity contribution in [2.45, 2.75) is 19.1 Å². The first-order valence-corrected chi connectivity index (χ1v) is 9.94. The molecule has 2 aromatic carbocycles. The summed E-state index contributed by atoms with van der Waals surface area (Å²) in [6, 6.07) is 20.0. The van der Waals surface area contributed by atoms with E-state index in [0.717, 1.165) is 22.1 Å². The van der Waals surface area contributed by atoms with Gasteiger partial charge in [-0.05, 0) is 31.5 Å². The zero-order chi connectivity index (χ0) is 20.4. The van der Waals surface area contributed by atoms with E-state index >= 15 is 0 Å². The molecule has 7 heteroatoms. The van der Waals surface area contributed by atoms with Gasteiger partial charge in [0, 0.05) is 5.39 Å². The van der Waals surface area contributed by atoms with Crippen LogP contribution < -0.4 is 11.2 Å². The topological polar surface area (TPSA) is 99.7 Å². The number of para-hydroxylation sites is 1. The Bertz CT molecular complexity index is 1160. The predicted octanol–water partition coefficient (Wildman–Crippen LogP) is 4.59. The SMILES string of the molecule is C/C(=N\NC1=NC(N)=C(C#N)C(c2ccc(C)cc2)S1)c1cc2ccccc2o1. The Morgan fingerprint density at radius 1 is 1.24 bits per heavy atom. The van der Waals surface area contributed by atoms with E-state index in [-0.39, 0.29) is 11.1 Å². The van der Waals surface area contributed by atoms with Crippen molar-refractivity contribution in [3.63, 3.8) is 0 Å². The number of furan rings is 1. The molecule has 1 atom stereocenters. The monoisotopic (exact) mass is 401 g/mol. The number of nitriles is 1. The maximum atomic E-state index is 9.54. The molecule has 0 saturated heterocycles. The Morgan fingerprint density at radius 3 is 2.72 bits per heavy atom. The molecule has 3 N–H and O–H groups in total. The Labute approximate surface area is 172 Å². The van der Waals surface area contributed by atoms with Gasteiger partial charge in [-0.1, -0.05) is 59.8 Å². The van der Waals surface area contributed by atoms with Gasteiger partial charge in [0.2, 0.25) is 0 Å². The number of aliphatic imine (C=N–C) groups is 1. The van der Waals surface area contributed by atoms with Crippen LogP contribution in [0.25, 0.3) is 11.0 Å². The van der Waals surface area contributed by atoms with Gasteiger partial charge in [-0.3, -0.25) is 5.43 Å². The van der Waals surface area contributed by atoms with Crippen LogP contribution in [0.3, 0.4) is 0 Å². The summed E-state index contributed by atoms with van der Waals surface area (Å²) >= 11 is 1.41. The molecular formula is C22H19N5OS. The summed E-state index contributed by atoms with van der Waals surface area (Å²) in [6.45, 7) is 3.88. The van der Waals surface area contributed by atoms with Crippen LogP contribution in [0.1, 0.15) is 29.1 Å². The molecule has 4 rings (SSSR count). The molecular weight excluding hydrogens is 382 g/mol. The predicted molar refractivity (Wildman–Crippen MR) is 117 cm³/mol. The molecule has 0 amide bonds. The molecule has 6 nitrogen and oxygen atoms in total. The highest BCUT2D eigenvalue weighted by molar-refractivity contribution is 8.14. The summed E-state index contributed by atoms with van der Waals surface area (Å²) in [7, 11) is 0. The van der Waals surface area contributed by atoms with E-state index in [0.29, 0.717) is 22.2 Å². The largest absolute Gasteiger partial charge is 0.455 e. The number of thioether (sulfide) groups is 1. The third-order valence-corrected chi connectivity index (χ3v) is 5.74. The number of nitrogens with two attached hydrogens (primary N) is 1. The van der Waals surface area contributed by atoms with Crippen molar-refractivity contribution in [3.8, 4) is 6.07 Å². The fourth-order valence-electron chi connectivity index (χ4n) is 2.99. The van der Waals surface area contributed by atoms with Gasteiger partial charge < -0.3 is 10.2 Å². The first kappa shape index (κ1) is 18.8. The first-order chi connectivity index (χ1) is 14.0. The van der Waals surface area contributed by atoms with Crippen LogP contribution >= 0.6 is 11.8 Å². The molecule has 1 aromatic heterocycles. The highest BCUT2D eigenvalue weighted by Crippen LogP contribution is 2.40. The number of hydrogen-bond donors (Lipinski definition) is 2. The van der Waals surface area contributed by atoms with Crippen LogP contribution in [0, 0.1) is 18.3 Å². The third-order valence-electron chi connectivity index (χ3n) is 4.59. The second-order valence-corrected chi connectivity index (χ2v) is 7.79. The van der Waals surface area contributed by atoms with Gasteiger partial charge in [-0.15, -0.1) is 0 Å². The maximum absolute atomic E-state index is 9.54.